The largest absolute Gasteiger partial charge is 0.411 e. The van der Waals surface area contributed by atoms with Crippen LogP contribution in [0.25, 0.3) is 0 Å². The average molecular weight is 175 g/mol. The Morgan fingerprint density at radius 1 is 1.46 bits per heavy atom. The Kier molecular flexibility index (Phi) is 3.26. The predicted molar refractivity (Wildman–Crippen MR) is 54.3 cm³/mol. The van der Waals surface area contributed by atoms with Gasteiger partial charge in [0.05, 0.1) is 5.71 Å². The molecule has 0 aliphatic carbocycles. The number of nitrogens with zero attached hydrogens (tertiary/aromatic N) is 1. The topological polar surface area (TPSA) is 32.6 Å². The predicted octanol–water partition coefficient (Wildman–Crippen LogP) is 2.81. The molecule has 0 aliphatic rings. The highest BCUT2D eigenvalue weighted by Gasteiger charge is 2.09. The lowest BCUT2D eigenvalue weighted by atomic mass is 9.96. The normalized spacial score (nSPS) is 13.8. The monoisotopic (exact) mass is 175 g/mol. The third-order valence-corrected chi connectivity index (χ3v) is 2.07. The lowest BCUT2D eigenvalue weighted by Crippen LogP contribution is -2.05. The number of benzene rings is 1. The molecule has 0 bridgehead atoms. The summed E-state index contributed by atoms with van der Waals surface area (Å²) in [5.41, 5.74) is 1.71. The van der Waals surface area contributed by atoms with Crippen LogP contribution in [0.5, 0.6) is 0 Å². The molecule has 1 aromatic carbocycles. The van der Waals surface area contributed by atoms with Crippen LogP contribution in [-0.4, -0.2) is 10.9 Å². The third-order valence-electron chi connectivity index (χ3n) is 2.07. The van der Waals surface area contributed by atoms with Gasteiger partial charge in [-0.2, -0.15) is 0 Å². The number of rotatable bonds is 3. The van der Waals surface area contributed by atoms with Gasteiger partial charge < -0.3 is 5.21 Å². The van der Waals surface area contributed by atoms with Crippen LogP contribution >= 0.6 is 0 Å². The zero-order chi connectivity index (χ0) is 9.68. The van der Waals surface area contributed by atoms with E-state index in [9.17, 15) is 0 Å². The minimum atomic E-state index is 0.0868. The van der Waals surface area contributed by atoms with Crippen molar-refractivity contribution >= 4 is 5.71 Å². The molecule has 0 spiro atoms. The van der Waals surface area contributed by atoms with Crippen molar-refractivity contribution in [3.8, 4) is 0 Å². The van der Waals surface area contributed by atoms with Crippen molar-refractivity contribution < 1.29 is 5.21 Å². The first-order valence-electron chi connectivity index (χ1n) is 4.19. The molecule has 0 saturated heterocycles. The molecule has 68 valence electrons. The smallest absolute Gasteiger partial charge is 0.0861 e. The second-order valence-electron chi connectivity index (χ2n) is 2.86. The van der Waals surface area contributed by atoms with E-state index < -0.39 is 0 Å². The fourth-order valence-electron chi connectivity index (χ4n) is 1.22. The molecule has 0 radical (unpaired) electrons. The second kappa shape index (κ2) is 4.45. The van der Waals surface area contributed by atoms with E-state index in [1.165, 1.54) is 0 Å². The highest BCUT2D eigenvalue weighted by atomic mass is 16.4. The number of hydrogen-bond acceptors (Lipinski definition) is 2. The molecule has 0 saturated carbocycles. The van der Waals surface area contributed by atoms with E-state index in [-0.39, 0.29) is 5.92 Å². The van der Waals surface area contributed by atoms with Crippen molar-refractivity contribution in [2.24, 2.45) is 5.16 Å². The SMILES string of the molecule is C=CC(=NO)C(C)c1ccccc1. The maximum Gasteiger partial charge on any atom is 0.0861 e. The van der Waals surface area contributed by atoms with Crippen LogP contribution in [0.15, 0.2) is 48.1 Å². The van der Waals surface area contributed by atoms with Gasteiger partial charge in [-0.05, 0) is 11.6 Å². The summed E-state index contributed by atoms with van der Waals surface area (Å²) in [6, 6.07) is 9.88. The minimum absolute atomic E-state index is 0.0868. The summed E-state index contributed by atoms with van der Waals surface area (Å²) in [5, 5.41) is 11.9. The molecule has 2 heteroatoms. The van der Waals surface area contributed by atoms with Crippen LogP contribution in [0.4, 0.5) is 0 Å². The van der Waals surface area contributed by atoms with Gasteiger partial charge >= 0.3 is 0 Å². The molecule has 0 amide bonds. The van der Waals surface area contributed by atoms with Gasteiger partial charge in [-0.1, -0.05) is 49.0 Å². The van der Waals surface area contributed by atoms with Gasteiger partial charge in [-0.15, -0.1) is 0 Å². The van der Waals surface area contributed by atoms with Gasteiger partial charge in [0.15, 0.2) is 0 Å². The first-order chi connectivity index (χ1) is 6.29. The van der Waals surface area contributed by atoms with E-state index in [0.717, 1.165) is 5.56 Å². The molecule has 0 aromatic heterocycles. The molecule has 1 N–H and O–H groups in total. The van der Waals surface area contributed by atoms with Crippen molar-refractivity contribution in [3.63, 3.8) is 0 Å². The van der Waals surface area contributed by atoms with Gasteiger partial charge in [-0.25, -0.2) is 0 Å². The summed E-state index contributed by atoms with van der Waals surface area (Å²) in [6.45, 7) is 5.57. The Balaban J connectivity index is 2.91. The van der Waals surface area contributed by atoms with E-state index in [1.807, 2.05) is 37.3 Å². The van der Waals surface area contributed by atoms with Crippen LogP contribution in [0.3, 0.4) is 0 Å². The van der Waals surface area contributed by atoms with E-state index in [4.69, 9.17) is 5.21 Å². The molecular weight excluding hydrogens is 162 g/mol. The van der Waals surface area contributed by atoms with Crippen molar-refractivity contribution in [1.29, 1.82) is 0 Å². The lowest BCUT2D eigenvalue weighted by molar-refractivity contribution is 0.317. The van der Waals surface area contributed by atoms with E-state index in [0.29, 0.717) is 5.71 Å². The molecule has 1 rings (SSSR count). The molecule has 0 heterocycles. The Morgan fingerprint density at radius 3 is 2.54 bits per heavy atom. The maximum absolute atomic E-state index is 8.67. The standard InChI is InChI=1S/C11H13NO/c1-3-11(12-13)9(2)10-7-5-4-6-8-10/h3-9,13H,1H2,2H3. The first-order valence-corrected chi connectivity index (χ1v) is 4.19. The van der Waals surface area contributed by atoms with Gasteiger partial charge in [0, 0.05) is 5.92 Å². The van der Waals surface area contributed by atoms with Gasteiger partial charge in [0.1, 0.15) is 0 Å². The molecular formula is C11H13NO. The molecule has 0 fully saturated rings. The Bertz CT molecular complexity index is 303. The molecule has 13 heavy (non-hydrogen) atoms. The number of oxime groups is 1. The van der Waals surface area contributed by atoms with Gasteiger partial charge in [0.2, 0.25) is 0 Å². The molecule has 1 atom stereocenters. The highest BCUT2D eigenvalue weighted by molar-refractivity contribution is 5.99. The van der Waals surface area contributed by atoms with Crippen LogP contribution in [0.1, 0.15) is 18.4 Å². The van der Waals surface area contributed by atoms with E-state index in [2.05, 4.69) is 11.7 Å². The summed E-state index contributed by atoms with van der Waals surface area (Å²) in [5.74, 6) is 0.0868. The Labute approximate surface area is 78.2 Å². The van der Waals surface area contributed by atoms with Crippen molar-refractivity contribution in [3.05, 3.63) is 48.6 Å². The van der Waals surface area contributed by atoms with Crippen LogP contribution in [0.2, 0.25) is 0 Å². The molecule has 2 nitrogen and oxygen atoms in total. The maximum atomic E-state index is 8.67. The van der Waals surface area contributed by atoms with Crippen molar-refractivity contribution in [2.75, 3.05) is 0 Å². The molecule has 1 unspecified atom stereocenters. The number of allylic oxidation sites excluding steroid dienone is 1. The van der Waals surface area contributed by atoms with Gasteiger partial charge in [-0.3, -0.25) is 0 Å². The average Bonchev–Trinajstić information content (AvgIpc) is 2.21. The summed E-state index contributed by atoms with van der Waals surface area (Å²) in [4.78, 5) is 0. The van der Waals surface area contributed by atoms with Crippen LogP contribution in [0, 0.1) is 0 Å². The zero-order valence-corrected chi connectivity index (χ0v) is 7.64. The summed E-state index contributed by atoms with van der Waals surface area (Å²) >= 11 is 0. The summed E-state index contributed by atoms with van der Waals surface area (Å²) in [7, 11) is 0. The van der Waals surface area contributed by atoms with Crippen molar-refractivity contribution in [1.82, 2.24) is 0 Å². The Morgan fingerprint density at radius 2 is 2.08 bits per heavy atom. The van der Waals surface area contributed by atoms with Crippen LogP contribution in [-0.2, 0) is 0 Å². The third kappa shape index (κ3) is 2.18. The summed E-state index contributed by atoms with van der Waals surface area (Å²) < 4.78 is 0. The molecule has 0 aliphatic heterocycles. The minimum Gasteiger partial charge on any atom is -0.411 e. The zero-order valence-electron chi connectivity index (χ0n) is 7.64. The Hall–Kier alpha value is -1.57. The molecule has 1 aromatic rings. The quantitative estimate of drug-likeness (QED) is 0.427. The van der Waals surface area contributed by atoms with Crippen LogP contribution < -0.4 is 0 Å². The fraction of sp³-hybridized carbons (Fsp3) is 0.182. The fourth-order valence-corrected chi connectivity index (χ4v) is 1.22. The van der Waals surface area contributed by atoms with E-state index >= 15 is 0 Å². The van der Waals surface area contributed by atoms with Crippen molar-refractivity contribution in [2.45, 2.75) is 12.8 Å². The first kappa shape index (κ1) is 9.52. The second-order valence-corrected chi connectivity index (χ2v) is 2.86. The summed E-state index contributed by atoms with van der Waals surface area (Å²) in [6.07, 6.45) is 1.57. The van der Waals surface area contributed by atoms with E-state index in [1.54, 1.807) is 6.08 Å². The lowest BCUT2D eigenvalue weighted by Gasteiger charge is -2.09. The highest BCUT2D eigenvalue weighted by Crippen LogP contribution is 2.16. The number of hydrogen-bond donors (Lipinski definition) is 1. The van der Waals surface area contributed by atoms with Gasteiger partial charge in [0.25, 0.3) is 0 Å².